The van der Waals surface area contributed by atoms with Gasteiger partial charge >= 0.3 is 0 Å². The summed E-state index contributed by atoms with van der Waals surface area (Å²) < 4.78 is 0. The smallest absolute Gasteiger partial charge is 0.236 e. The number of halogens is 2. The Hall–Kier alpha value is -1.21. The lowest BCUT2D eigenvalue weighted by Crippen LogP contribution is -2.42. The maximum absolute atomic E-state index is 11.8. The predicted octanol–water partition coefficient (Wildman–Crippen LogP) is 3.08. The molecule has 0 fully saturated rings. The van der Waals surface area contributed by atoms with Crippen LogP contribution in [-0.2, 0) is 11.2 Å². The van der Waals surface area contributed by atoms with E-state index in [1.54, 1.807) is 17.5 Å². The lowest BCUT2D eigenvalue weighted by Gasteiger charge is -2.13. The quantitative estimate of drug-likeness (QED) is 0.760. The van der Waals surface area contributed by atoms with Crippen molar-refractivity contribution >= 4 is 42.1 Å². The first-order chi connectivity index (χ1) is 10.6. The summed E-state index contributed by atoms with van der Waals surface area (Å²) in [5, 5.41) is 5.85. The van der Waals surface area contributed by atoms with Crippen LogP contribution in [0.3, 0.4) is 0 Å². The molecule has 1 atom stereocenters. The third kappa shape index (κ3) is 7.13. The molecule has 1 amide bonds. The van der Waals surface area contributed by atoms with Crippen molar-refractivity contribution in [3.05, 3.63) is 34.8 Å². The number of carbonyl (C=O) groups is 1. The first kappa shape index (κ1) is 22.8. The van der Waals surface area contributed by atoms with Crippen LogP contribution in [-0.4, -0.2) is 28.5 Å². The van der Waals surface area contributed by atoms with Gasteiger partial charge in [-0.15, -0.1) is 36.2 Å². The van der Waals surface area contributed by atoms with Gasteiger partial charge in [0.05, 0.1) is 22.4 Å². The molecule has 0 saturated heterocycles. The molecule has 0 aliphatic rings. The molecular formula is C16H24Cl2N4OS. The van der Waals surface area contributed by atoms with E-state index in [0.717, 1.165) is 16.4 Å². The Kier molecular flexibility index (Phi) is 10.8. The van der Waals surface area contributed by atoms with Gasteiger partial charge in [0.1, 0.15) is 0 Å². The molecule has 0 aliphatic heterocycles. The summed E-state index contributed by atoms with van der Waals surface area (Å²) in [5.41, 5.74) is 7.59. The molecule has 5 nitrogen and oxygen atoms in total. The van der Waals surface area contributed by atoms with Crippen LogP contribution in [0.25, 0.3) is 11.4 Å². The normalized spacial score (nSPS) is 11.3. The highest BCUT2D eigenvalue weighted by Crippen LogP contribution is 2.19. The highest BCUT2D eigenvalue weighted by molar-refractivity contribution is 7.09. The molecule has 0 saturated carbocycles. The minimum Gasteiger partial charge on any atom is -0.354 e. The SMILES string of the molecule is CC(C)C[C@H](N)C(=O)NCCc1nc(-c2ccccn2)cs1.Cl.Cl. The largest absolute Gasteiger partial charge is 0.354 e. The van der Waals surface area contributed by atoms with E-state index >= 15 is 0 Å². The van der Waals surface area contributed by atoms with Gasteiger partial charge in [0.25, 0.3) is 0 Å². The van der Waals surface area contributed by atoms with Gasteiger partial charge in [0.2, 0.25) is 5.91 Å². The second-order valence-corrected chi connectivity index (χ2v) is 6.56. The molecule has 8 heteroatoms. The van der Waals surface area contributed by atoms with E-state index in [4.69, 9.17) is 5.73 Å². The number of hydrogen-bond acceptors (Lipinski definition) is 5. The zero-order valence-electron chi connectivity index (χ0n) is 13.8. The molecule has 2 aromatic rings. The molecule has 3 N–H and O–H groups in total. The molecular weight excluding hydrogens is 367 g/mol. The number of aromatic nitrogens is 2. The highest BCUT2D eigenvalue weighted by atomic mass is 35.5. The summed E-state index contributed by atoms with van der Waals surface area (Å²) in [6.07, 6.45) is 3.16. The Morgan fingerprint density at radius 3 is 2.67 bits per heavy atom. The number of carbonyl (C=O) groups excluding carboxylic acids is 1. The number of amides is 1. The van der Waals surface area contributed by atoms with Gasteiger partial charge in [-0.2, -0.15) is 0 Å². The van der Waals surface area contributed by atoms with Crippen molar-refractivity contribution in [3.63, 3.8) is 0 Å². The van der Waals surface area contributed by atoms with Crippen LogP contribution in [0.15, 0.2) is 29.8 Å². The Morgan fingerprint density at radius 1 is 1.29 bits per heavy atom. The van der Waals surface area contributed by atoms with Gasteiger partial charge in [-0.1, -0.05) is 19.9 Å². The van der Waals surface area contributed by atoms with E-state index in [1.807, 2.05) is 23.6 Å². The Bertz CT molecular complexity index is 607. The van der Waals surface area contributed by atoms with Crippen molar-refractivity contribution in [1.82, 2.24) is 15.3 Å². The van der Waals surface area contributed by atoms with Crippen LogP contribution >= 0.6 is 36.2 Å². The van der Waals surface area contributed by atoms with Crippen LogP contribution < -0.4 is 11.1 Å². The number of nitrogens with one attached hydrogen (secondary N) is 1. The van der Waals surface area contributed by atoms with Crippen molar-refractivity contribution in [2.75, 3.05) is 6.54 Å². The van der Waals surface area contributed by atoms with Gasteiger partial charge in [0.15, 0.2) is 0 Å². The fourth-order valence-corrected chi connectivity index (χ4v) is 2.89. The van der Waals surface area contributed by atoms with Crippen LogP contribution in [0.1, 0.15) is 25.3 Å². The van der Waals surface area contributed by atoms with Gasteiger partial charge in [-0.05, 0) is 24.5 Å². The fourth-order valence-electron chi connectivity index (χ4n) is 2.10. The minimum absolute atomic E-state index is 0. The molecule has 2 rings (SSSR count). The van der Waals surface area contributed by atoms with E-state index in [0.29, 0.717) is 25.3 Å². The summed E-state index contributed by atoms with van der Waals surface area (Å²) in [5.74, 6) is 0.329. The minimum atomic E-state index is -0.430. The summed E-state index contributed by atoms with van der Waals surface area (Å²) in [7, 11) is 0. The molecule has 0 bridgehead atoms. The Morgan fingerprint density at radius 2 is 2.04 bits per heavy atom. The third-order valence-corrected chi connectivity index (χ3v) is 4.09. The summed E-state index contributed by atoms with van der Waals surface area (Å²) in [6.45, 7) is 4.67. The van der Waals surface area contributed by atoms with E-state index < -0.39 is 6.04 Å². The number of hydrogen-bond donors (Lipinski definition) is 2. The van der Waals surface area contributed by atoms with E-state index in [-0.39, 0.29) is 30.7 Å². The number of pyridine rings is 1. The van der Waals surface area contributed by atoms with Crippen LogP contribution in [0.4, 0.5) is 0 Å². The van der Waals surface area contributed by atoms with Crippen molar-refractivity contribution in [2.24, 2.45) is 11.7 Å². The lowest BCUT2D eigenvalue weighted by atomic mass is 10.0. The molecule has 134 valence electrons. The van der Waals surface area contributed by atoms with Gasteiger partial charge in [0, 0.05) is 24.5 Å². The molecule has 0 spiro atoms. The zero-order chi connectivity index (χ0) is 15.9. The first-order valence-electron chi connectivity index (χ1n) is 7.45. The number of nitrogens with two attached hydrogens (primary N) is 1. The number of thiazole rings is 1. The summed E-state index contributed by atoms with van der Waals surface area (Å²) in [4.78, 5) is 20.7. The van der Waals surface area contributed by atoms with E-state index in [1.165, 1.54) is 0 Å². The zero-order valence-corrected chi connectivity index (χ0v) is 16.2. The third-order valence-electron chi connectivity index (χ3n) is 3.18. The second-order valence-electron chi connectivity index (χ2n) is 5.62. The van der Waals surface area contributed by atoms with Crippen molar-refractivity contribution in [3.8, 4) is 11.4 Å². The lowest BCUT2D eigenvalue weighted by molar-refractivity contribution is -0.122. The second kappa shape index (κ2) is 11.4. The fraction of sp³-hybridized carbons (Fsp3) is 0.438. The van der Waals surface area contributed by atoms with Crippen LogP contribution in [0.5, 0.6) is 0 Å². The summed E-state index contributed by atoms with van der Waals surface area (Å²) >= 11 is 1.58. The molecule has 0 unspecified atom stereocenters. The maximum Gasteiger partial charge on any atom is 0.236 e. The maximum atomic E-state index is 11.8. The molecule has 24 heavy (non-hydrogen) atoms. The van der Waals surface area contributed by atoms with Crippen molar-refractivity contribution < 1.29 is 4.79 Å². The number of nitrogens with zero attached hydrogens (tertiary/aromatic N) is 2. The average molecular weight is 391 g/mol. The molecule has 0 radical (unpaired) electrons. The van der Waals surface area contributed by atoms with Gasteiger partial charge < -0.3 is 11.1 Å². The van der Waals surface area contributed by atoms with Crippen LogP contribution in [0, 0.1) is 5.92 Å². The van der Waals surface area contributed by atoms with Gasteiger partial charge in [-0.25, -0.2) is 4.98 Å². The molecule has 0 aromatic carbocycles. The standard InChI is InChI=1S/C16H22N4OS.2ClH/c1-11(2)9-12(17)16(21)19-8-6-15-20-14(10-22-15)13-5-3-4-7-18-13;;/h3-5,7,10-12H,6,8-9,17H2,1-2H3,(H,19,21);2*1H/t12-;;/m0../s1. The van der Waals surface area contributed by atoms with Gasteiger partial charge in [-0.3, -0.25) is 9.78 Å². The molecule has 2 heterocycles. The first-order valence-corrected chi connectivity index (χ1v) is 8.33. The molecule has 2 aromatic heterocycles. The highest BCUT2D eigenvalue weighted by Gasteiger charge is 2.14. The summed E-state index contributed by atoms with van der Waals surface area (Å²) in [6, 6.07) is 5.33. The average Bonchev–Trinajstić information content (AvgIpc) is 2.96. The van der Waals surface area contributed by atoms with Crippen molar-refractivity contribution in [2.45, 2.75) is 32.7 Å². The Balaban J connectivity index is 0.00000264. The topological polar surface area (TPSA) is 80.9 Å². The monoisotopic (exact) mass is 390 g/mol. The van der Waals surface area contributed by atoms with Crippen LogP contribution in [0.2, 0.25) is 0 Å². The van der Waals surface area contributed by atoms with E-state index in [9.17, 15) is 4.79 Å². The Labute approximate surface area is 159 Å². The van der Waals surface area contributed by atoms with Crippen molar-refractivity contribution in [1.29, 1.82) is 0 Å². The predicted molar refractivity (Wildman–Crippen MR) is 104 cm³/mol. The molecule has 0 aliphatic carbocycles. The van der Waals surface area contributed by atoms with E-state index in [2.05, 4.69) is 29.1 Å². The number of rotatable bonds is 7.